The minimum absolute atomic E-state index is 0.744. The van der Waals surface area contributed by atoms with Crippen molar-refractivity contribution in [2.24, 2.45) is 5.73 Å². The number of anilines is 1. The van der Waals surface area contributed by atoms with Gasteiger partial charge in [-0.05, 0) is 26.0 Å². The van der Waals surface area contributed by atoms with E-state index in [1.54, 1.807) is 7.11 Å². The van der Waals surface area contributed by atoms with E-state index in [2.05, 4.69) is 48.5 Å². The molecule has 2 aromatic carbocycles. The summed E-state index contributed by atoms with van der Waals surface area (Å²) in [5.41, 5.74) is 15.7. The molecule has 0 bridgehead atoms. The van der Waals surface area contributed by atoms with Crippen LogP contribution in [0.3, 0.4) is 0 Å². The van der Waals surface area contributed by atoms with Crippen LogP contribution in [0.1, 0.15) is 18.1 Å². The number of fused-ring (bicyclic) bond motifs is 1. The zero-order valence-corrected chi connectivity index (χ0v) is 13.2. The molecule has 3 N–H and O–H groups in total. The number of nitrogens with one attached hydrogen (secondary N) is 1. The molecule has 114 valence electrons. The van der Waals surface area contributed by atoms with Crippen molar-refractivity contribution in [1.82, 2.24) is 5.43 Å². The first-order valence-corrected chi connectivity index (χ1v) is 7.43. The van der Waals surface area contributed by atoms with Gasteiger partial charge in [-0.25, -0.2) is 0 Å². The van der Waals surface area contributed by atoms with Crippen molar-refractivity contribution in [3.05, 3.63) is 53.7 Å². The molecule has 0 unspecified atom stereocenters. The van der Waals surface area contributed by atoms with E-state index in [0.717, 1.165) is 40.4 Å². The Labute approximate surface area is 131 Å². The fraction of sp³-hybridized carbons (Fsp3) is 0.222. The molecule has 0 spiro atoms. The van der Waals surface area contributed by atoms with E-state index in [-0.39, 0.29) is 0 Å². The number of para-hydroxylation sites is 1. The van der Waals surface area contributed by atoms with Gasteiger partial charge in [-0.15, -0.1) is 0 Å². The molecule has 0 saturated carbocycles. The van der Waals surface area contributed by atoms with Crippen molar-refractivity contribution >= 4 is 11.4 Å². The summed E-state index contributed by atoms with van der Waals surface area (Å²) in [6, 6.07) is 12.4. The smallest absolute Gasteiger partial charge is 0.126 e. The summed E-state index contributed by atoms with van der Waals surface area (Å²) >= 11 is 0. The number of ether oxygens (including phenoxy) is 1. The maximum absolute atomic E-state index is 6.15. The molecule has 1 aliphatic heterocycles. The third-order valence-corrected chi connectivity index (χ3v) is 3.95. The number of rotatable bonds is 3. The molecule has 22 heavy (non-hydrogen) atoms. The maximum atomic E-state index is 6.15. The Kier molecular flexibility index (Phi) is 3.67. The van der Waals surface area contributed by atoms with Gasteiger partial charge < -0.3 is 15.9 Å². The molecule has 0 aromatic heterocycles. The number of aryl methyl sites for hydroxylation is 1. The molecule has 4 heteroatoms. The van der Waals surface area contributed by atoms with Crippen LogP contribution in [0.5, 0.6) is 5.75 Å². The van der Waals surface area contributed by atoms with Crippen LogP contribution in [0.2, 0.25) is 0 Å². The van der Waals surface area contributed by atoms with E-state index in [1.165, 1.54) is 5.56 Å². The van der Waals surface area contributed by atoms with Crippen LogP contribution in [0.25, 0.3) is 16.8 Å². The number of methoxy groups -OCH3 is 1. The van der Waals surface area contributed by atoms with Gasteiger partial charge in [-0.1, -0.05) is 29.8 Å². The zero-order chi connectivity index (χ0) is 15.7. The van der Waals surface area contributed by atoms with Crippen molar-refractivity contribution in [2.45, 2.75) is 13.8 Å². The average Bonchev–Trinajstić information content (AvgIpc) is 2.55. The van der Waals surface area contributed by atoms with E-state index in [9.17, 15) is 0 Å². The first-order valence-electron chi connectivity index (χ1n) is 7.43. The van der Waals surface area contributed by atoms with Crippen molar-refractivity contribution in [3.63, 3.8) is 0 Å². The molecule has 0 radical (unpaired) electrons. The van der Waals surface area contributed by atoms with Gasteiger partial charge in [0.2, 0.25) is 0 Å². The fourth-order valence-electron chi connectivity index (χ4n) is 2.86. The molecule has 0 amide bonds. The normalized spacial score (nSPS) is 13.2. The summed E-state index contributed by atoms with van der Waals surface area (Å²) < 4.78 is 5.56. The van der Waals surface area contributed by atoms with Crippen molar-refractivity contribution < 1.29 is 4.74 Å². The first kappa shape index (κ1) is 14.3. The Morgan fingerprint density at radius 1 is 1.14 bits per heavy atom. The zero-order valence-electron chi connectivity index (χ0n) is 13.2. The summed E-state index contributed by atoms with van der Waals surface area (Å²) in [6.07, 6.45) is 1.84. The third-order valence-electron chi connectivity index (χ3n) is 3.95. The van der Waals surface area contributed by atoms with Gasteiger partial charge in [-0.2, -0.15) is 0 Å². The Morgan fingerprint density at radius 3 is 2.64 bits per heavy atom. The number of hydrogen-bond donors (Lipinski definition) is 2. The lowest BCUT2D eigenvalue weighted by Crippen LogP contribution is -2.38. The fourth-order valence-corrected chi connectivity index (χ4v) is 2.86. The van der Waals surface area contributed by atoms with E-state index in [0.29, 0.717) is 0 Å². The highest BCUT2D eigenvalue weighted by Gasteiger charge is 2.21. The van der Waals surface area contributed by atoms with Gasteiger partial charge in [0.05, 0.1) is 18.5 Å². The molecule has 3 rings (SSSR count). The van der Waals surface area contributed by atoms with Gasteiger partial charge in [0.1, 0.15) is 5.75 Å². The van der Waals surface area contributed by atoms with Crippen LogP contribution in [-0.4, -0.2) is 13.7 Å². The third kappa shape index (κ3) is 2.26. The summed E-state index contributed by atoms with van der Waals surface area (Å²) in [5.74, 6) is 0.864. The monoisotopic (exact) mass is 295 g/mol. The lowest BCUT2D eigenvalue weighted by Gasteiger charge is -2.32. The van der Waals surface area contributed by atoms with Crippen molar-refractivity contribution in [3.8, 4) is 16.9 Å². The first-order chi connectivity index (χ1) is 10.7. The highest BCUT2D eigenvalue weighted by Crippen LogP contribution is 2.41. The minimum Gasteiger partial charge on any atom is -0.496 e. The summed E-state index contributed by atoms with van der Waals surface area (Å²) in [6.45, 7) is 5.03. The van der Waals surface area contributed by atoms with Crippen LogP contribution in [-0.2, 0) is 0 Å². The number of benzene rings is 2. The lowest BCUT2D eigenvalue weighted by molar-refractivity contribution is 0.416. The SMILES string of the molecule is CCN1NC=C(N)c2cccc(-c3cc(C)ccc3OC)c21. The quantitative estimate of drug-likeness (QED) is 0.912. The molecule has 1 heterocycles. The second-order valence-electron chi connectivity index (χ2n) is 5.38. The minimum atomic E-state index is 0.744. The number of nitrogens with zero attached hydrogens (tertiary/aromatic N) is 1. The molecule has 0 aliphatic carbocycles. The molecule has 0 atom stereocenters. The van der Waals surface area contributed by atoms with E-state index in [1.807, 2.05) is 18.3 Å². The van der Waals surface area contributed by atoms with Gasteiger partial charge in [0, 0.05) is 29.4 Å². The van der Waals surface area contributed by atoms with Crippen LogP contribution in [0.4, 0.5) is 5.69 Å². The van der Waals surface area contributed by atoms with Crippen molar-refractivity contribution in [2.75, 3.05) is 18.7 Å². The van der Waals surface area contributed by atoms with Gasteiger partial charge >= 0.3 is 0 Å². The van der Waals surface area contributed by atoms with Gasteiger partial charge in [0.25, 0.3) is 0 Å². The number of hydrazine groups is 1. The van der Waals surface area contributed by atoms with Crippen LogP contribution in [0.15, 0.2) is 42.6 Å². The Morgan fingerprint density at radius 2 is 1.91 bits per heavy atom. The van der Waals surface area contributed by atoms with Crippen LogP contribution < -0.4 is 20.9 Å². The van der Waals surface area contributed by atoms with Gasteiger partial charge in [-0.3, -0.25) is 5.01 Å². The number of nitrogens with two attached hydrogens (primary N) is 1. The predicted molar refractivity (Wildman–Crippen MR) is 91.5 cm³/mol. The molecule has 1 aliphatic rings. The largest absolute Gasteiger partial charge is 0.496 e. The highest BCUT2D eigenvalue weighted by molar-refractivity contribution is 5.91. The summed E-state index contributed by atoms with van der Waals surface area (Å²) in [7, 11) is 1.70. The maximum Gasteiger partial charge on any atom is 0.126 e. The second kappa shape index (κ2) is 5.64. The molecular formula is C18H21N3O. The molecule has 2 aromatic rings. The molecule has 0 fully saturated rings. The predicted octanol–water partition coefficient (Wildman–Crippen LogP) is 3.27. The highest BCUT2D eigenvalue weighted by atomic mass is 16.5. The standard InChI is InChI=1S/C18H21N3O/c1-4-21-18-13(6-5-7-14(18)16(19)11-20-21)15-10-12(2)8-9-17(15)22-3/h5-11,20H,4,19H2,1-3H3. The molecule has 4 nitrogen and oxygen atoms in total. The summed E-state index contributed by atoms with van der Waals surface area (Å²) in [5, 5.41) is 2.10. The van der Waals surface area contributed by atoms with E-state index >= 15 is 0 Å². The van der Waals surface area contributed by atoms with Crippen molar-refractivity contribution in [1.29, 1.82) is 0 Å². The summed E-state index contributed by atoms with van der Waals surface area (Å²) in [4.78, 5) is 0. The van der Waals surface area contributed by atoms with Gasteiger partial charge in [0.15, 0.2) is 0 Å². The Hall–Kier alpha value is -2.62. The number of hydrogen-bond acceptors (Lipinski definition) is 4. The molecular weight excluding hydrogens is 274 g/mol. The second-order valence-corrected chi connectivity index (χ2v) is 5.38. The van der Waals surface area contributed by atoms with Crippen LogP contribution in [0, 0.1) is 6.92 Å². The Balaban J connectivity index is 2.28. The Bertz CT molecular complexity index is 737. The van der Waals surface area contributed by atoms with E-state index in [4.69, 9.17) is 10.5 Å². The van der Waals surface area contributed by atoms with Crippen LogP contribution >= 0.6 is 0 Å². The molecule has 0 saturated heterocycles. The lowest BCUT2D eigenvalue weighted by atomic mass is 9.95. The topological polar surface area (TPSA) is 50.5 Å². The average molecular weight is 295 g/mol. The van der Waals surface area contributed by atoms with E-state index < -0.39 is 0 Å².